The summed E-state index contributed by atoms with van der Waals surface area (Å²) < 4.78 is 10.4. The number of rotatable bonds is 33. The number of amides is 8. The molecule has 0 radical (unpaired) electrons. The van der Waals surface area contributed by atoms with Gasteiger partial charge in [0.25, 0.3) is 0 Å². The highest BCUT2D eigenvalue weighted by molar-refractivity contribution is 7.98. The van der Waals surface area contributed by atoms with Crippen molar-refractivity contribution in [3.05, 3.63) is 0 Å². The predicted molar refractivity (Wildman–Crippen MR) is 292 cm³/mol. The third-order valence-corrected chi connectivity index (χ3v) is 13.9. The molecule has 2 aliphatic heterocycles. The van der Waals surface area contributed by atoms with Crippen molar-refractivity contribution in [1.82, 2.24) is 41.7 Å². The lowest BCUT2D eigenvalue weighted by atomic mass is 9.96. The molecule has 25 heteroatoms. The first-order valence-electron chi connectivity index (χ1n) is 27.1. The van der Waals surface area contributed by atoms with Crippen LogP contribution in [0.1, 0.15) is 145 Å². The summed E-state index contributed by atoms with van der Waals surface area (Å²) in [7, 11) is 1.26. The standard InChI is InChI=1S/C51H93N13O11S/c1-10-32(4)40(62-43(67)35(20-15-26-56-49(54)55)61-50(73)75-51(5,6)7)47(71)63-27-16-21-38(63)45(69)60-37(30-31(2)3)44(68)58-33(18-11-13-24-52)41(65)57-34(19-12-14-25-53)42(66)59-36(23-29-76-9)46(70)64-28-17-22-39(64)48(72)74-8/h31-40H,10-30,52-53H2,1-9H3,(H,57,65)(H,58,68)(H,59,66)(H,60,69)(H,61,73)(H,62,67)(H4,54,55,56)/t32-,33-,34-,35-,36-,37-,38-,39-,40-/m0/s1. The number of nitrogens with zero attached hydrogens (tertiary/aromatic N) is 3. The van der Waals surface area contributed by atoms with Gasteiger partial charge in [-0.05, 0) is 148 Å². The zero-order chi connectivity index (χ0) is 57.1. The number of nitrogens with one attached hydrogen (secondary N) is 6. The number of esters is 1. The van der Waals surface area contributed by atoms with Gasteiger partial charge in [-0.2, -0.15) is 11.8 Å². The molecule has 2 saturated heterocycles. The van der Waals surface area contributed by atoms with Crippen molar-refractivity contribution in [2.24, 2.45) is 39.8 Å². The number of likely N-dealkylation sites (tertiary alicyclic amines) is 2. The summed E-state index contributed by atoms with van der Waals surface area (Å²) in [6, 6.07) is -8.44. The molecule has 434 valence electrons. The Kier molecular flexibility index (Phi) is 30.1. The van der Waals surface area contributed by atoms with Crippen LogP contribution < -0.4 is 54.8 Å². The molecule has 9 atom stereocenters. The molecule has 2 fully saturated rings. The first kappa shape index (κ1) is 66.7. The van der Waals surface area contributed by atoms with Crippen LogP contribution in [0.3, 0.4) is 0 Å². The van der Waals surface area contributed by atoms with E-state index in [-0.39, 0.29) is 63.5 Å². The van der Waals surface area contributed by atoms with Crippen molar-refractivity contribution in [2.45, 2.75) is 199 Å². The molecule has 8 amide bonds. The maximum atomic E-state index is 14.5. The van der Waals surface area contributed by atoms with E-state index in [9.17, 15) is 43.2 Å². The number of guanidine groups is 1. The number of carbonyl (C=O) groups is 9. The smallest absolute Gasteiger partial charge is 0.408 e. The van der Waals surface area contributed by atoms with Gasteiger partial charge in [0.05, 0.1) is 7.11 Å². The summed E-state index contributed by atoms with van der Waals surface area (Å²) >= 11 is 1.49. The lowest BCUT2D eigenvalue weighted by molar-refractivity contribution is -0.152. The molecule has 76 heavy (non-hydrogen) atoms. The second kappa shape index (κ2) is 34.4. The van der Waals surface area contributed by atoms with Crippen molar-refractivity contribution >= 4 is 71.1 Å². The maximum Gasteiger partial charge on any atom is 0.408 e. The minimum Gasteiger partial charge on any atom is -0.467 e. The van der Waals surface area contributed by atoms with Crippen LogP contribution >= 0.6 is 11.8 Å². The van der Waals surface area contributed by atoms with Crippen molar-refractivity contribution in [1.29, 1.82) is 0 Å². The van der Waals surface area contributed by atoms with Gasteiger partial charge in [0.15, 0.2) is 5.96 Å². The van der Waals surface area contributed by atoms with Crippen molar-refractivity contribution < 1.29 is 52.6 Å². The molecule has 2 heterocycles. The fourth-order valence-electron chi connectivity index (χ4n) is 9.06. The average molecular weight is 1100 g/mol. The lowest BCUT2D eigenvalue weighted by Gasteiger charge is -2.33. The van der Waals surface area contributed by atoms with Gasteiger partial charge >= 0.3 is 12.1 Å². The minimum atomic E-state index is -1.17. The molecule has 0 spiro atoms. The van der Waals surface area contributed by atoms with Crippen LogP contribution in [0.2, 0.25) is 0 Å². The molecule has 0 aliphatic carbocycles. The largest absolute Gasteiger partial charge is 0.467 e. The van der Waals surface area contributed by atoms with Gasteiger partial charge in [-0.3, -0.25) is 38.6 Å². The zero-order valence-electron chi connectivity index (χ0n) is 46.7. The number of thioether (sulfide) groups is 1. The van der Waals surface area contributed by atoms with Crippen LogP contribution in [0, 0.1) is 11.8 Å². The van der Waals surface area contributed by atoms with Crippen LogP contribution in [-0.2, 0) is 47.8 Å². The number of alkyl carbamates (subject to hydrolysis) is 1. The molecule has 0 unspecified atom stereocenters. The van der Waals surface area contributed by atoms with E-state index in [2.05, 4.69) is 36.9 Å². The fourth-order valence-corrected chi connectivity index (χ4v) is 9.53. The number of hydrogen-bond donors (Lipinski definition) is 10. The van der Waals surface area contributed by atoms with Gasteiger partial charge in [0, 0.05) is 19.6 Å². The quantitative estimate of drug-likeness (QED) is 0.0186. The number of nitrogens with two attached hydrogens (primary N) is 4. The second-order valence-corrected chi connectivity index (χ2v) is 22.1. The van der Waals surface area contributed by atoms with E-state index in [0.717, 1.165) is 0 Å². The molecule has 0 bridgehead atoms. The van der Waals surface area contributed by atoms with E-state index in [1.54, 1.807) is 27.7 Å². The molecule has 14 N–H and O–H groups in total. The highest BCUT2D eigenvalue weighted by Crippen LogP contribution is 2.24. The highest BCUT2D eigenvalue weighted by Gasteiger charge is 2.42. The lowest BCUT2D eigenvalue weighted by Crippen LogP contribution is -2.60. The minimum absolute atomic E-state index is 0.110. The number of ether oxygens (including phenoxy) is 2. The summed E-state index contributed by atoms with van der Waals surface area (Å²) in [5.74, 6) is -4.77. The van der Waals surface area contributed by atoms with E-state index < -0.39 is 113 Å². The van der Waals surface area contributed by atoms with Gasteiger partial charge < -0.3 is 74.1 Å². The second-order valence-electron chi connectivity index (χ2n) is 21.1. The predicted octanol–water partition coefficient (Wildman–Crippen LogP) is 0.616. The Balaban J connectivity index is 2.39. The Bertz CT molecular complexity index is 1940. The van der Waals surface area contributed by atoms with E-state index in [1.807, 2.05) is 27.0 Å². The van der Waals surface area contributed by atoms with Gasteiger partial charge in [-0.1, -0.05) is 34.1 Å². The molecule has 24 nitrogen and oxygen atoms in total. The zero-order valence-corrected chi connectivity index (χ0v) is 47.5. The first-order valence-corrected chi connectivity index (χ1v) is 28.5. The van der Waals surface area contributed by atoms with E-state index in [1.165, 1.54) is 28.7 Å². The fraction of sp³-hybridized carbons (Fsp3) is 0.804. The average Bonchev–Trinajstić information content (AvgIpc) is 4.07. The Hall–Kier alpha value is -5.43. The van der Waals surface area contributed by atoms with Crippen molar-refractivity contribution in [2.75, 3.05) is 51.8 Å². The third-order valence-electron chi connectivity index (χ3n) is 13.3. The molecule has 2 rings (SSSR count). The van der Waals surface area contributed by atoms with Crippen LogP contribution in [-0.4, -0.2) is 175 Å². The van der Waals surface area contributed by atoms with Crippen LogP contribution in [0.5, 0.6) is 0 Å². The number of methoxy groups -OCH3 is 1. The molecule has 0 aromatic rings. The molecular formula is C51H93N13O11S. The number of unbranched alkanes of at least 4 members (excludes halogenated alkanes) is 2. The SMILES string of the molecule is CC[C@H](C)[C@H](NC(=O)[C@H](CCCN=C(N)N)NC(=O)OC(C)(C)C)C(=O)N1CCC[C@H]1C(=O)N[C@@H](CC(C)C)C(=O)N[C@@H](CCCCN)C(=O)N[C@@H](CCCCN)C(=O)N[C@@H](CCSC)C(=O)N1CCC[C@H]1C(=O)OC. The Morgan fingerprint density at radius 2 is 1.16 bits per heavy atom. The summed E-state index contributed by atoms with van der Waals surface area (Å²) in [6.07, 6.45) is 6.40. The van der Waals surface area contributed by atoms with Crippen LogP contribution in [0.4, 0.5) is 4.79 Å². The Morgan fingerprint density at radius 3 is 1.66 bits per heavy atom. The number of hydrogen-bond acceptors (Lipinski definition) is 15. The normalized spacial score (nSPS) is 18.2. The first-order chi connectivity index (χ1) is 35.9. The summed E-state index contributed by atoms with van der Waals surface area (Å²) in [5.41, 5.74) is 21.7. The van der Waals surface area contributed by atoms with Crippen molar-refractivity contribution in [3.8, 4) is 0 Å². The van der Waals surface area contributed by atoms with E-state index >= 15 is 0 Å². The Morgan fingerprint density at radius 1 is 0.658 bits per heavy atom. The number of aliphatic imine (C=N–C) groups is 1. The number of carbonyl (C=O) groups excluding carboxylic acids is 9. The molecule has 0 saturated carbocycles. The van der Waals surface area contributed by atoms with Gasteiger partial charge in [0.2, 0.25) is 41.4 Å². The summed E-state index contributed by atoms with van der Waals surface area (Å²) in [6.45, 7) is 13.8. The van der Waals surface area contributed by atoms with Crippen molar-refractivity contribution in [3.63, 3.8) is 0 Å². The molecule has 0 aromatic carbocycles. The molecule has 0 aromatic heterocycles. The summed E-state index contributed by atoms with van der Waals surface area (Å²) in [5, 5.41) is 16.8. The van der Waals surface area contributed by atoms with Crippen LogP contribution in [0.15, 0.2) is 4.99 Å². The van der Waals surface area contributed by atoms with Gasteiger partial charge in [0.1, 0.15) is 53.9 Å². The molecule has 2 aliphatic rings. The van der Waals surface area contributed by atoms with E-state index in [0.29, 0.717) is 83.2 Å². The highest BCUT2D eigenvalue weighted by atomic mass is 32.2. The maximum absolute atomic E-state index is 14.5. The monoisotopic (exact) mass is 1100 g/mol. The van der Waals surface area contributed by atoms with Gasteiger partial charge in [-0.15, -0.1) is 0 Å². The van der Waals surface area contributed by atoms with Crippen LogP contribution in [0.25, 0.3) is 0 Å². The topological polar surface area (TPSA) is 367 Å². The van der Waals surface area contributed by atoms with Gasteiger partial charge in [-0.25, -0.2) is 9.59 Å². The summed E-state index contributed by atoms with van der Waals surface area (Å²) in [4.78, 5) is 132. The molecular weight excluding hydrogens is 1000 g/mol. The Labute approximate surface area is 454 Å². The van der Waals surface area contributed by atoms with E-state index in [4.69, 9.17) is 32.4 Å². The third kappa shape index (κ3) is 23.0.